The Hall–Kier alpha value is -2.41. The standard InChI is InChI=1S/C15H13BrN2O4/c1-21-15-6-5-12(8-14(15)16)10-22-17-9-11-3-2-4-13(7-11)18(19)20/h2-9H,10H2,1H3/b17-9-. The Bertz CT molecular complexity index is 704. The van der Waals surface area contributed by atoms with Gasteiger partial charge >= 0.3 is 0 Å². The van der Waals surface area contributed by atoms with Crippen molar-refractivity contribution in [2.24, 2.45) is 5.16 Å². The number of halogens is 1. The molecule has 0 unspecified atom stereocenters. The summed E-state index contributed by atoms with van der Waals surface area (Å²) in [5.74, 6) is 0.740. The van der Waals surface area contributed by atoms with Crippen molar-refractivity contribution in [3.63, 3.8) is 0 Å². The van der Waals surface area contributed by atoms with Crippen molar-refractivity contribution in [2.75, 3.05) is 7.11 Å². The minimum atomic E-state index is -0.451. The lowest BCUT2D eigenvalue weighted by Gasteiger charge is -2.05. The molecule has 0 radical (unpaired) electrons. The fourth-order valence-corrected chi connectivity index (χ4v) is 2.32. The van der Waals surface area contributed by atoms with Gasteiger partial charge in [0.25, 0.3) is 5.69 Å². The maximum Gasteiger partial charge on any atom is 0.270 e. The Balaban J connectivity index is 1.94. The summed E-state index contributed by atoms with van der Waals surface area (Å²) in [6.45, 7) is 0.286. The van der Waals surface area contributed by atoms with Crippen molar-refractivity contribution < 1.29 is 14.5 Å². The summed E-state index contributed by atoms with van der Waals surface area (Å²) in [7, 11) is 1.60. The van der Waals surface area contributed by atoms with E-state index in [1.807, 2.05) is 18.2 Å². The highest BCUT2D eigenvalue weighted by atomic mass is 79.9. The average molecular weight is 365 g/mol. The molecule has 2 aromatic carbocycles. The van der Waals surface area contributed by atoms with Gasteiger partial charge in [-0.05, 0) is 33.6 Å². The second-order valence-corrected chi connectivity index (χ2v) is 5.18. The number of benzene rings is 2. The van der Waals surface area contributed by atoms with Gasteiger partial charge in [0.05, 0.1) is 22.7 Å². The summed E-state index contributed by atoms with van der Waals surface area (Å²) in [4.78, 5) is 15.4. The monoisotopic (exact) mass is 364 g/mol. The Morgan fingerprint density at radius 1 is 1.32 bits per heavy atom. The molecule has 0 amide bonds. The highest BCUT2D eigenvalue weighted by Crippen LogP contribution is 2.25. The van der Waals surface area contributed by atoms with Crippen molar-refractivity contribution in [1.82, 2.24) is 0 Å². The third-order valence-electron chi connectivity index (χ3n) is 2.80. The van der Waals surface area contributed by atoms with Crippen LogP contribution in [0.25, 0.3) is 0 Å². The van der Waals surface area contributed by atoms with Crippen LogP contribution in [0.4, 0.5) is 5.69 Å². The summed E-state index contributed by atoms with van der Waals surface area (Å²) >= 11 is 3.39. The molecule has 114 valence electrons. The van der Waals surface area contributed by atoms with Crippen molar-refractivity contribution in [3.8, 4) is 5.75 Å². The first-order valence-corrected chi connectivity index (χ1v) is 7.11. The number of ether oxygens (including phenoxy) is 1. The molecule has 0 aliphatic rings. The Morgan fingerprint density at radius 3 is 2.82 bits per heavy atom. The smallest absolute Gasteiger partial charge is 0.270 e. The lowest BCUT2D eigenvalue weighted by molar-refractivity contribution is -0.384. The summed E-state index contributed by atoms with van der Waals surface area (Å²) in [6.07, 6.45) is 1.44. The fraction of sp³-hybridized carbons (Fsp3) is 0.133. The van der Waals surface area contributed by atoms with Crippen LogP contribution in [0.1, 0.15) is 11.1 Å². The number of hydrogen-bond donors (Lipinski definition) is 0. The molecular weight excluding hydrogens is 352 g/mol. The molecular formula is C15H13BrN2O4. The number of rotatable bonds is 6. The third kappa shape index (κ3) is 4.29. The van der Waals surface area contributed by atoms with Gasteiger partial charge in [0.1, 0.15) is 12.4 Å². The highest BCUT2D eigenvalue weighted by Gasteiger charge is 2.04. The zero-order valence-electron chi connectivity index (χ0n) is 11.7. The van der Waals surface area contributed by atoms with E-state index < -0.39 is 4.92 Å². The topological polar surface area (TPSA) is 74.0 Å². The number of nitro groups is 1. The summed E-state index contributed by atoms with van der Waals surface area (Å²) in [5.41, 5.74) is 1.54. The Morgan fingerprint density at radius 2 is 2.14 bits per heavy atom. The molecule has 0 heterocycles. The first-order chi connectivity index (χ1) is 10.6. The zero-order valence-corrected chi connectivity index (χ0v) is 13.3. The highest BCUT2D eigenvalue weighted by molar-refractivity contribution is 9.10. The number of nitrogens with zero attached hydrogens (tertiary/aromatic N) is 2. The normalized spacial score (nSPS) is 10.6. The van der Waals surface area contributed by atoms with Crippen LogP contribution in [-0.2, 0) is 11.4 Å². The third-order valence-corrected chi connectivity index (χ3v) is 3.42. The first kappa shape index (κ1) is 16.0. The largest absolute Gasteiger partial charge is 0.496 e. The minimum absolute atomic E-state index is 0.0167. The maximum absolute atomic E-state index is 10.7. The number of methoxy groups -OCH3 is 1. The van der Waals surface area contributed by atoms with Crippen LogP contribution in [0.3, 0.4) is 0 Å². The van der Waals surface area contributed by atoms with Crippen LogP contribution < -0.4 is 4.74 Å². The molecule has 2 aromatic rings. The molecule has 0 atom stereocenters. The number of hydrogen-bond acceptors (Lipinski definition) is 5. The molecule has 0 aromatic heterocycles. The van der Waals surface area contributed by atoms with E-state index in [1.165, 1.54) is 18.3 Å². The Kier molecular flexibility index (Phi) is 5.48. The molecule has 0 saturated heterocycles. The van der Waals surface area contributed by atoms with Crippen LogP contribution in [0.2, 0.25) is 0 Å². The van der Waals surface area contributed by atoms with Gasteiger partial charge in [-0.1, -0.05) is 23.4 Å². The van der Waals surface area contributed by atoms with E-state index in [0.717, 1.165) is 15.8 Å². The zero-order chi connectivity index (χ0) is 15.9. The minimum Gasteiger partial charge on any atom is -0.496 e. The molecule has 6 nitrogen and oxygen atoms in total. The summed E-state index contributed by atoms with van der Waals surface area (Å²) < 4.78 is 5.97. The van der Waals surface area contributed by atoms with Crippen LogP contribution in [0.5, 0.6) is 5.75 Å². The van der Waals surface area contributed by atoms with Crippen LogP contribution in [0.15, 0.2) is 52.1 Å². The van der Waals surface area contributed by atoms with Gasteiger partial charge in [-0.15, -0.1) is 0 Å². The summed E-state index contributed by atoms with van der Waals surface area (Å²) in [5, 5.41) is 14.5. The van der Waals surface area contributed by atoms with Gasteiger partial charge in [-0.3, -0.25) is 10.1 Å². The van der Waals surface area contributed by atoms with E-state index >= 15 is 0 Å². The van der Waals surface area contributed by atoms with E-state index in [0.29, 0.717) is 5.56 Å². The molecule has 0 aliphatic heterocycles. The van der Waals surface area contributed by atoms with Gasteiger partial charge in [-0.25, -0.2) is 0 Å². The fourth-order valence-electron chi connectivity index (χ4n) is 1.73. The predicted molar refractivity (Wildman–Crippen MR) is 86.2 cm³/mol. The first-order valence-electron chi connectivity index (χ1n) is 6.32. The van der Waals surface area contributed by atoms with E-state index in [4.69, 9.17) is 9.57 Å². The number of oxime groups is 1. The molecule has 7 heteroatoms. The summed E-state index contributed by atoms with van der Waals surface area (Å²) in [6, 6.07) is 11.7. The van der Waals surface area contributed by atoms with E-state index in [2.05, 4.69) is 21.1 Å². The van der Waals surface area contributed by atoms with Crippen LogP contribution >= 0.6 is 15.9 Å². The number of non-ortho nitro benzene ring substituents is 1. The number of nitro benzene ring substituents is 1. The van der Waals surface area contributed by atoms with E-state index in [-0.39, 0.29) is 12.3 Å². The SMILES string of the molecule is COc1ccc(CO/N=C\c2cccc([N+](=O)[O-])c2)cc1Br. The molecule has 2 rings (SSSR count). The van der Waals surface area contributed by atoms with Crippen molar-refractivity contribution in [1.29, 1.82) is 0 Å². The molecule has 0 bridgehead atoms. The molecule has 0 N–H and O–H groups in total. The lowest BCUT2D eigenvalue weighted by Crippen LogP contribution is -1.92. The van der Waals surface area contributed by atoms with Gasteiger partial charge in [0.15, 0.2) is 0 Å². The quantitative estimate of drug-likeness (QED) is 0.442. The van der Waals surface area contributed by atoms with Crippen LogP contribution in [-0.4, -0.2) is 18.2 Å². The Labute approximate surface area is 135 Å². The molecule has 0 spiro atoms. The van der Waals surface area contributed by atoms with Crippen molar-refractivity contribution in [2.45, 2.75) is 6.61 Å². The maximum atomic E-state index is 10.7. The predicted octanol–water partition coefficient (Wildman–Crippen LogP) is 3.92. The van der Waals surface area contributed by atoms with Gasteiger partial charge in [0, 0.05) is 17.7 Å². The average Bonchev–Trinajstić information content (AvgIpc) is 2.52. The second-order valence-electron chi connectivity index (χ2n) is 4.33. The molecule has 0 aliphatic carbocycles. The lowest BCUT2D eigenvalue weighted by atomic mass is 10.2. The van der Waals surface area contributed by atoms with Gasteiger partial charge in [0.2, 0.25) is 0 Å². The molecule has 22 heavy (non-hydrogen) atoms. The van der Waals surface area contributed by atoms with E-state index in [9.17, 15) is 10.1 Å². The second kappa shape index (κ2) is 7.56. The van der Waals surface area contributed by atoms with Gasteiger partial charge < -0.3 is 9.57 Å². The van der Waals surface area contributed by atoms with E-state index in [1.54, 1.807) is 19.2 Å². The molecule has 0 fully saturated rings. The van der Waals surface area contributed by atoms with Gasteiger partial charge in [-0.2, -0.15) is 0 Å². The van der Waals surface area contributed by atoms with Crippen molar-refractivity contribution >= 4 is 27.8 Å². The van der Waals surface area contributed by atoms with Crippen LogP contribution in [0, 0.1) is 10.1 Å². The van der Waals surface area contributed by atoms with Crippen molar-refractivity contribution in [3.05, 3.63) is 68.2 Å². The molecule has 0 saturated carbocycles.